The van der Waals surface area contributed by atoms with E-state index in [0.717, 1.165) is 0 Å². The summed E-state index contributed by atoms with van der Waals surface area (Å²) in [6.07, 6.45) is 0. The maximum absolute atomic E-state index is 2.38. The third-order valence-electron chi connectivity index (χ3n) is 4.84. The number of aryl methyl sites for hydroxylation is 1. The van der Waals surface area contributed by atoms with Crippen LogP contribution in [0.1, 0.15) is 31.9 Å². The van der Waals surface area contributed by atoms with Crippen LogP contribution in [0.3, 0.4) is 0 Å². The third-order valence-corrected chi connectivity index (χ3v) is 4.84. The summed E-state index contributed by atoms with van der Waals surface area (Å²) in [7, 11) is 0. The highest BCUT2D eigenvalue weighted by Crippen LogP contribution is 2.36. The van der Waals surface area contributed by atoms with E-state index in [1.54, 1.807) is 0 Å². The molecule has 0 radical (unpaired) electrons. The van der Waals surface area contributed by atoms with Crippen LogP contribution in [0.4, 0.5) is 0 Å². The Hall–Kier alpha value is -2.34. The number of hydrogen-bond acceptors (Lipinski definition) is 0. The molecule has 0 nitrogen and oxygen atoms in total. The maximum Gasteiger partial charge on any atom is -0.00990 e. The Labute approximate surface area is 137 Å². The van der Waals surface area contributed by atoms with Gasteiger partial charge in [0.1, 0.15) is 0 Å². The van der Waals surface area contributed by atoms with Crippen molar-refractivity contribution in [3.63, 3.8) is 0 Å². The summed E-state index contributed by atoms with van der Waals surface area (Å²) < 4.78 is 0. The highest BCUT2D eigenvalue weighted by Gasteiger charge is 2.19. The molecule has 4 aromatic rings. The van der Waals surface area contributed by atoms with Crippen molar-refractivity contribution in [3.05, 3.63) is 71.8 Å². The van der Waals surface area contributed by atoms with E-state index in [-0.39, 0.29) is 5.41 Å². The SMILES string of the molecule is Cc1ccc2cc3c(ccc4ccccc43)cc2c1C(C)(C)C. The fourth-order valence-corrected chi connectivity index (χ4v) is 3.93. The second-order valence-corrected chi connectivity index (χ2v) is 7.59. The van der Waals surface area contributed by atoms with Gasteiger partial charge in [-0.25, -0.2) is 0 Å². The van der Waals surface area contributed by atoms with Crippen molar-refractivity contribution in [3.8, 4) is 0 Å². The van der Waals surface area contributed by atoms with Crippen molar-refractivity contribution < 1.29 is 0 Å². The molecule has 0 atom stereocenters. The summed E-state index contributed by atoms with van der Waals surface area (Å²) >= 11 is 0. The van der Waals surface area contributed by atoms with Crippen molar-refractivity contribution in [2.24, 2.45) is 0 Å². The lowest BCUT2D eigenvalue weighted by Crippen LogP contribution is -2.13. The van der Waals surface area contributed by atoms with Gasteiger partial charge in [-0.1, -0.05) is 69.3 Å². The van der Waals surface area contributed by atoms with Crippen LogP contribution in [0.25, 0.3) is 32.3 Å². The maximum atomic E-state index is 2.38. The molecular formula is C23H22. The fraction of sp³-hybridized carbons (Fsp3) is 0.217. The van der Waals surface area contributed by atoms with Gasteiger partial charge in [-0.2, -0.15) is 0 Å². The first-order chi connectivity index (χ1) is 10.9. The third kappa shape index (κ3) is 2.21. The summed E-state index contributed by atoms with van der Waals surface area (Å²) in [5.41, 5.74) is 2.99. The molecule has 0 bridgehead atoms. The molecule has 4 aromatic carbocycles. The number of benzene rings is 4. The summed E-state index contributed by atoms with van der Waals surface area (Å²) in [5.74, 6) is 0. The normalized spacial score (nSPS) is 12.3. The van der Waals surface area contributed by atoms with E-state index >= 15 is 0 Å². The van der Waals surface area contributed by atoms with Crippen LogP contribution in [0.15, 0.2) is 60.7 Å². The quantitative estimate of drug-likeness (QED) is 0.249. The zero-order valence-corrected chi connectivity index (χ0v) is 14.3. The van der Waals surface area contributed by atoms with Gasteiger partial charge in [0.05, 0.1) is 0 Å². The predicted molar refractivity (Wildman–Crippen MR) is 102 cm³/mol. The Morgan fingerprint density at radius 2 is 1.22 bits per heavy atom. The highest BCUT2D eigenvalue weighted by molar-refractivity contribution is 6.12. The Bertz CT molecular complexity index is 1050. The zero-order chi connectivity index (χ0) is 16.2. The largest absolute Gasteiger partial charge is 0.0616 e. The molecule has 0 heteroatoms. The minimum absolute atomic E-state index is 0.147. The lowest BCUT2D eigenvalue weighted by atomic mass is 9.80. The highest BCUT2D eigenvalue weighted by atomic mass is 14.2. The van der Waals surface area contributed by atoms with Crippen molar-refractivity contribution in [2.75, 3.05) is 0 Å². The molecule has 0 saturated carbocycles. The van der Waals surface area contributed by atoms with Crippen LogP contribution < -0.4 is 0 Å². The van der Waals surface area contributed by atoms with E-state index in [1.807, 2.05) is 0 Å². The summed E-state index contributed by atoms with van der Waals surface area (Å²) in [5, 5.41) is 8.04. The molecule has 114 valence electrons. The van der Waals surface area contributed by atoms with E-state index < -0.39 is 0 Å². The Morgan fingerprint density at radius 3 is 2.00 bits per heavy atom. The van der Waals surface area contributed by atoms with Crippen molar-refractivity contribution in [1.29, 1.82) is 0 Å². The minimum atomic E-state index is 0.147. The minimum Gasteiger partial charge on any atom is -0.0616 e. The smallest absolute Gasteiger partial charge is 0.00990 e. The molecule has 0 N–H and O–H groups in total. The van der Waals surface area contributed by atoms with Crippen LogP contribution in [0.2, 0.25) is 0 Å². The van der Waals surface area contributed by atoms with Gasteiger partial charge < -0.3 is 0 Å². The van der Waals surface area contributed by atoms with Crippen LogP contribution in [0, 0.1) is 6.92 Å². The molecule has 0 heterocycles. The van der Waals surface area contributed by atoms with Gasteiger partial charge in [0.25, 0.3) is 0 Å². The lowest BCUT2D eigenvalue weighted by molar-refractivity contribution is 0.592. The van der Waals surface area contributed by atoms with Crippen molar-refractivity contribution >= 4 is 32.3 Å². The molecule has 4 rings (SSSR count). The molecule has 0 unspecified atom stereocenters. The van der Waals surface area contributed by atoms with Gasteiger partial charge in [0.15, 0.2) is 0 Å². The molecule has 0 aliphatic heterocycles. The van der Waals surface area contributed by atoms with Crippen molar-refractivity contribution in [1.82, 2.24) is 0 Å². The second-order valence-electron chi connectivity index (χ2n) is 7.59. The summed E-state index contributed by atoms with van der Waals surface area (Å²) in [6.45, 7) is 9.14. The standard InChI is InChI=1S/C23H22/c1-15-9-10-18-13-20-17(14-21(18)22(15)23(2,3)4)12-11-16-7-5-6-8-19(16)20/h5-14H,1-4H3. The number of hydrogen-bond donors (Lipinski definition) is 0. The topological polar surface area (TPSA) is 0 Å². The molecule has 0 amide bonds. The molecule has 0 saturated heterocycles. The van der Waals surface area contributed by atoms with Gasteiger partial charge in [-0.15, -0.1) is 0 Å². The zero-order valence-electron chi connectivity index (χ0n) is 14.3. The first kappa shape index (κ1) is 14.3. The molecule has 0 spiro atoms. The van der Waals surface area contributed by atoms with E-state index in [4.69, 9.17) is 0 Å². The molecule has 0 aromatic heterocycles. The Morgan fingerprint density at radius 1 is 0.609 bits per heavy atom. The van der Waals surface area contributed by atoms with Gasteiger partial charge in [0, 0.05) is 0 Å². The van der Waals surface area contributed by atoms with Gasteiger partial charge in [-0.3, -0.25) is 0 Å². The molecule has 0 aliphatic rings. The predicted octanol–water partition coefficient (Wildman–Crippen LogP) is 6.75. The summed E-state index contributed by atoms with van der Waals surface area (Å²) in [6, 6.07) is 22.4. The van der Waals surface area contributed by atoms with Crippen molar-refractivity contribution in [2.45, 2.75) is 33.1 Å². The summed E-state index contributed by atoms with van der Waals surface area (Å²) in [4.78, 5) is 0. The first-order valence-corrected chi connectivity index (χ1v) is 8.30. The first-order valence-electron chi connectivity index (χ1n) is 8.30. The average Bonchev–Trinajstić information content (AvgIpc) is 2.51. The van der Waals surface area contributed by atoms with Crippen LogP contribution >= 0.6 is 0 Å². The van der Waals surface area contributed by atoms with Gasteiger partial charge in [-0.05, 0) is 67.9 Å². The number of fused-ring (bicyclic) bond motifs is 4. The monoisotopic (exact) mass is 298 g/mol. The van der Waals surface area contributed by atoms with E-state index in [9.17, 15) is 0 Å². The number of rotatable bonds is 0. The van der Waals surface area contributed by atoms with Gasteiger partial charge in [0.2, 0.25) is 0 Å². The average molecular weight is 298 g/mol. The van der Waals surface area contributed by atoms with Gasteiger partial charge >= 0.3 is 0 Å². The molecule has 0 fully saturated rings. The van der Waals surface area contributed by atoms with E-state index in [0.29, 0.717) is 0 Å². The Kier molecular flexibility index (Phi) is 2.99. The molecular weight excluding hydrogens is 276 g/mol. The molecule has 0 aliphatic carbocycles. The van der Waals surface area contributed by atoms with Crippen LogP contribution in [-0.2, 0) is 5.41 Å². The van der Waals surface area contributed by atoms with Crippen LogP contribution in [-0.4, -0.2) is 0 Å². The van der Waals surface area contributed by atoms with E-state index in [2.05, 4.69) is 88.4 Å². The van der Waals surface area contributed by atoms with E-state index in [1.165, 1.54) is 43.4 Å². The van der Waals surface area contributed by atoms with Crippen LogP contribution in [0.5, 0.6) is 0 Å². The Balaban J connectivity index is 2.19. The lowest BCUT2D eigenvalue weighted by Gasteiger charge is -2.24. The second kappa shape index (κ2) is 4.83. The molecule has 23 heavy (non-hydrogen) atoms. The fourth-order valence-electron chi connectivity index (χ4n) is 3.93.